The second-order valence-corrected chi connectivity index (χ2v) is 10.8. The van der Waals surface area contributed by atoms with E-state index in [1.165, 1.54) is 0 Å². The van der Waals surface area contributed by atoms with Crippen molar-refractivity contribution in [3.63, 3.8) is 0 Å². The minimum absolute atomic E-state index is 0.706. The minimum atomic E-state index is -1.52. The zero-order chi connectivity index (χ0) is 12.8. The van der Waals surface area contributed by atoms with Gasteiger partial charge in [-0.2, -0.15) is 0 Å². The highest BCUT2D eigenvalue weighted by atomic mass is 28.3. The third kappa shape index (κ3) is 3.38. The smallest absolute Gasteiger partial charge is 0.126 e. The van der Waals surface area contributed by atoms with Crippen LogP contribution in [0.1, 0.15) is 41.5 Å². The van der Waals surface area contributed by atoms with Crippen molar-refractivity contribution in [1.82, 2.24) is 0 Å². The lowest BCUT2D eigenvalue weighted by atomic mass is 10.5. The Kier molecular flexibility index (Phi) is 6.44. The summed E-state index contributed by atoms with van der Waals surface area (Å²) in [5.74, 6) is 3.23. The van der Waals surface area contributed by atoms with Crippen molar-refractivity contribution in [3.8, 4) is 11.5 Å². The van der Waals surface area contributed by atoms with Gasteiger partial charge in [-0.3, -0.25) is 0 Å². The van der Waals surface area contributed by atoms with Crippen LogP contribution in [0.5, 0.6) is 0 Å². The van der Waals surface area contributed by atoms with Crippen molar-refractivity contribution >= 4 is 8.07 Å². The van der Waals surface area contributed by atoms with E-state index < -0.39 is 8.07 Å². The molecule has 16 heavy (non-hydrogen) atoms. The molecule has 0 radical (unpaired) electrons. The van der Waals surface area contributed by atoms with E-state index in [-0.39, 0.29) is 0 Å². The molecule has 0 aliphatic rings. The molecule has 0 aromatic rings. The van der Waals surface area contributed by atoms with Crippen LogP contribution in [0.4, 0.5) is 0 Å². The molecule has 0 spiro atoms. The van der Waals surface area contributed by atoms with E-state index in [2.05, 4.69) is 59.6 Å². The molecular weight excluding hydrogens is 208 g/mol. The molecule has 0 rings (SSSR count). The Morgan fingerprint density at radius 3 is 1.69 bits per heavy atom. The molecule has 0 bridgehead atoms. The molecule has 90 valence electrons. The highest BCUT2D eigenvalue weighted by molar-refractivity contribution is 6.90. The predicted octanol–water partition coefficient (Wildman–Crippen LogP) is 4.95. The van der Waals surface area contributed by atoms with Crippen LogP contribution < -0.4 is 0 Å². The van der Waals surface area contributed by atoms with Crippen LogP contribution in [0.25, 0.3) is 0 Å². The summed E-state index contributed by atoms with van der Waals surface area (Å²) in [6, 6.07) is 0. The second kappa shape index (κ2) is 6.76. The highest BCUT2D eigenvalue weighted by Crippen LogP contribution is 2.40. The molecule has 0 aromatic carbocycles. The molecule has 0 aliphatic carbocycles. The van der Waals surface area contributed by atoms with Crippen molar-refractivity contribution in [2.75, 3.05) is 0 Å². The quantitative estimate of drug-likeness (QED) is 0.367. The largest absolute Gasteiger partial charge is 0.146 e. The summed E-state index contributed by atoms with van der Waals surface area (Å²) in [6.07, 6.45) is 5.60. The first-order valence-corrected chi connectivity index (χ1v) is 8.43. The fourth-order valence-corrected chi connectivity index (χ4v) is 7.92. The summed E-state index contributed by atoms with van der Waals surface area (Å²) < 4.78 is 0. The maximum Gasteiger partial charge on any atom is 0.146 e. The summed E-state index contributed by atoms with van der Waals surface area (Å²) in [6.45, 7) is 17.6. The molecule has 1 heteroatoms. The molecule has 0 nitrogen and oxygen atoms in total. The van der Waals surface area contributed by atoms with Gasteiger partial charge in [-0.1, -0.05) is 66.2 Å². The predicted molar refractivity (Wildman–Crippen MR) is 78.2 cm³/mol. The van der Waals surface area contributed by atoms with E-state index in [0.717, 1.165) is 0 Å². The van der Waals surface area contributed by atoms with Crippen molar-refractivity contribution in [2.24, 2.45) is 0 Å². The lowest BCUT2D eigenvalue weighted by molar-refractivity contribution is 0.838. The monoisotopic (exact) mass is 234 g/mol. The summed E-state index contributed by atoms with van der Waals surface area (Å²) in [4.78, 5) is 0. The fraction of sp³-hybridized carbons (Fsp3) is 0.600. The lowest BCUT2D eigenvalue weighted by Crippen LogP contribution is -2.43. The Balaban J connectivity index is 5.25. The van der Waals surface area contributed by atoms with Gasteiger partial charge in [0, 0.05) is 0 Å². The van der Waals surface area contributed by atoms with E-state index in [0.29, 0.717) is 16.6 Å². The first-order chi connectivity index (χ1) is 7.39. The number of allylic oxidation sites excluding steroid dienone is 3. The molecule has 0 fully saturated rings. The fourth-order valence-electron chi connectivity index (χ4n) is 2.72. The maximum absolute atomic E-state index is 3.66. The molecule has 0 amide bonds. The van der Waals surface area contributed by atoms with Gasteiger partial charge in [-0.25, -0.2) is 0 Å². The van der Waals surface area contributed by atoms with Crippen molar-refractivity contribution in [1.29, 1.82) is 0 Å². The summed E-state index contributed by atoms with van der Waals surface area (Å²) in [5, 5.41) is 0. The van der Waals surface area contributed by atoms with E-state index in [4.69, 9.17) is 0 Å². The van der Waals surface area contributed by atoms with Crippen LogP contribution in [-0.4, -0.2) is 8.07 Å². The van der Waals surface area contributed by atoms with Gasteiger partial charge in [0.25, 0.3) is 0 Å². The van der Waals surface area contributed by atoms with Crippen LogP contribution in [0.3, 0.4) is 0 Å². The lowest BCUT2D eigenvalue weighted by Gasteiger charge is -2.37. The summed E-state index contributed by atoms with van der Waals surface area (Å²) in [5.41, 5.74) is 5.74. The molecule has 0 N–H and O–H groups in total. The highest BCUT2D eigenvalue weighted by Gasteiger charge is 2.41. The van der Waals surface area contributed by atoms with E-state index in [9.17, 15) is 0 Å². The Morgan fingerprint density at radius 1 is 0.938 bits per heavy atom. The van der Waals surface area contributed by atoms with Crippen LogP contribution >= 0.6 is 0 Å². The molecular formula is C15H26Si. The third-order valence-electron chi connectivity index (χ3n) is 3.47. The zero-order valence-corrected chi connectivity index (χ0v) is 12.7. The van der Waals surface area contributed by atoms with Crippen LogP contribution in [0.15, 0.2) is 24.8 Å². The van der Waals surface area contributed by atoms with Gasteiger partial charge in [0.1, 0.15) is 8.07 Å². The molecule has 0 saturated carbocycles. The molecule has 0 aromatic heterocycles. The second-order valence-electron chi connectivity index (χ2n) is 5.26. The Labute approximate surface area is 103 Å². The standard InChI is InChI=1S/C15H26Si/c1-8-9-10-11-12-16(13(2)3,14(4)5)15(6)7/h8-10,13-15H,1H2,2-7H3/b10-9-. The Hall–Kier alpha value is -0.743. The van der Waals surface area contributed by atoms with Crippen LogP contribution in [-0.2, 0) is 0 Å². The van der Waals surface area contributed by atoms with Gasteiger partial charge >= 0.3 is 0 Å². The Bertz CT molecular complexity index is 275. The Morgan fingerprint density at radius 2 is 1.38 bits per heavy atom. The third-order valence-corrected chi connectivity index (χ3v) is 9.78. The molecule has 0 saturated heterocycles. The summed E-state index contributed by atoms with van der Waals surface area (Å²) >= 11 is 0. The topological polar surface area (TPSA) is 0 Å². The van der Waals surface area contributed by atoms with Crippen LogP contribution in [0.2, 0.25) is 16.6 Å². The normalized spacial score (nSPS) is 12.3. The number of hydrogen-bond acceptors (Lipinski definition) is 0. The van der Waals surface area contributed by atoms with E-state index in [1.807, 2.05) is 12.2 Å². The number of rotatable bonds is 4. The van der Waals surface area contributed by atoms with Crippen molar-refractivity contribution in [2.45, 2.75) is 58.2 Å². The first-order valence-electron chi connectivity index (χ1n) is 6.19. The van der Waals surface area contributed by atoms with Gasteiger partial charge in [0.05, 0.1) is 0 Å². The molecule has 0 heterocycles. The minimum Gasteiger partial charge on any atom is -0.126 e. The average molecular weight is 234 g/mol. The molecule has 0 unspecified atom stereocenters. The van der Waals surface area contributed by atoms with Crippen molar-refractivity contribution < 1.29 is 0 Å². The van der Waals surface area contributed by atoms with Crippen LogP contribution in [0, 0.1) is 11.5 Å². The maximum atomic E-state index is 3.66. The van der Waals surface area contributed by atoms with Gasteiger partial charge < -0.3 is 0 Å². The summed E-state index contributed by atoms with van der Waals surface area (Å²) in [7, 11) is -1.52. The van der Waals surface area contributed by atoms with E-state index in [1.54, 1.807) is 6.08 Å². The van der Waals surface area contributed by atoms with Gasteiger partial charge in [-0.05, 0) is 22.7 Å². The zero-order valence-electron chi connectivity index (χ0n) is 11.7. The first kappa shape index (κ1) is 15.3. The van der Waals surface area contributed by atoms with E-state index >= 15 is 0 Å². The van der Waals surface area contributed by atoms with Gasteiger partial charge in [0.15, 0.2) is 0 Å². The van der Waals surface area contributed by atoms with Crippen molar-refractivity contribution in [3.05, 3.63) is 24.8 Å². The average Bonchev–Trinajstić information content (AvgIpc) is 2.16. The van der Waals surface area contributed by atoms with Gasteiger partial charge in [0.2, 0.25) is 0 Å². The SMILES string of the molecule is C=C/C=C\C#C[Si](C(C)C)(C(C)C)C(C)C. The molecule has 0 aliphatic heterocycles. The molecule has 0 atom stereocenters. The van der Waals surface area contributed by atoms with Gasteiger partial charge in [-0.15, -0.1) is 5.54 Å². The number of hydrogen-bond donors (Lipinski definition) is 0.